The number of aliphatic carboxylic acids is 2. The highest BCUT2D eigenvalue weighted by molar-refractivity contribution is 7.71. The molecule has 4 aromatic heterocycles. The number of carboxylic acids is 2. The van der Waals surface area contributed by atoms with Crippen LogP contribution in [0.4, 0.5) is 17.5 Å². The first-order valence-corrected chi connectivity index (χ1v) is 25.6. The molecule has 1 amide bonds. The molecule has 0 unspecified atom stereocenters. The van der Waals surface area contributed by atoms with E-state index >= 15 is 0 Å². The number of rotatable bonds is 11. The van der Waals surface area contributed by atoms with E-state index in [1.165, 1.54) is 37.7 Å². The van der Waals surface area contributed by atoms with Crippen LogP contribution in [0.25, 0.3) is 22.3 Å². The molecule has 4 aliphatic rings. The number of phenols is 2. The number of amides is 1. The van der Waals surface area contributed by atoms with E-state index in [9.17, 15) is 54.6 Å². The number of carbonyl (C=O) groups excluding carboxylic acids is 3. The minimum absolute atomic E-state index is 0.0138. The summed E-state index contributed by atoms with van der Waals surface area (Å²) in [6, 6.07) is 7.06. The zero-order valence-electron chi connectivity index (χ0n) is 44.7. The van der Waals surface area contributed by atoms with Crippen LogP contribution >= 0.6 is 12.2 Å². The normalized spacial score (nSPS) is 22.4. The Morgan fingerprint density at radius 3 is 2.32 bits per heavy atom. The number of ether oxygens (including phenoxy) is 3. The fraction of sp³-hybridized carbons (Fsp3) is 0.358. The standard InChI is InChI=1S/C28H31NO10.C20H22N8O5.C5H4N4S/c1-27(36)8-10-6-11-16(21(32)15(10)14(9-27)37-5)22(33)17-13(30)7-12-24(18(17)20(11)31)38-26-23(34)19(29(3)4)25(35)28(12,2)39-26;1-28(9-11-8-23-17-15(24-11)16(21)26-20(22)27-17)12-4-2-10(3-5-12)18(31)25-13(19(32)33)6-7-14(29)30;10-5-3-4(7-1-6-3)8-2-9-5/h6-7,14,19,23,25-26,30,32,34-36H,8-9H2,1-5H3;2-5,8,13H,6-7,9H2,1H3,(H,25,31)(H,29,30)(H,32,33)(H4,21,22,23,26,27);1-2H,(H2,6,7,8,9,10)/t14-,19+,23+,25-,26-,27-,28-;13-;/m10./s1. The Bertz CT molecular complexity index is 3780. The number of benzene rings is 3. The van der Waals surface area contributed by atoms with Gasteiger partial charge in [-0.15, -0.1) is 0 Å². The van der Waals surface area contributed by atoms with E-state index in [1.54, 1.807) is 57.5 Å². The van der Waals surface area contributed by atoms with Gasteiger partial charge >= 0.3 is 11.9 Å². The van der Waals surface area contributed by atoms with Gasteiger partial charge in [-0.05, 0) is 76.3 Å². The summed E-state index contributed by atoms with van der Waals surface area (Å²) < 4.78 is 18.0. The molecule has 82 heavy (non-hydrogen) atoms. The van der Waals surface area contributed by atoms with Crippen molar-refractivity contribution in [2.45, 2.75) is 94.0 Å². The number of nitrogens with zero attached hydrogens (tertiary/aromatic N) is 8. The molecule has 1 fully saturated rings. The highest BCUT2D eigenvalue weighted by Gasteiger charge is 2.59. The van der Waals surface area contributed by atoms with Crippen molar-refractivity contribution in [2.24, 2.45) is 0 Å². The van der Waals surface area contributed by atoms with Gasteiger partial charge in [0.25, 0.3) is 5.91 Å². The van der Waals surface area contributed by atoms with Crippen molar-refractivity contribution in [1.82, 2.24) is 50.1 Å². The molecule has 6 heterocycles. The van der Waals surface area contributed by atoms with E-state index in [4.69, 9.17) is 43.0 Å². The summed E-state index contributed by atoms with van der Waals surface area (Å²) >= 11 is 4.91. The molecule has 0 saturated carbocycles. The summed E-state index contributed by atoms with van der Waals surface area (Å²) in [5.41, 5.74) is 12.5. The minimum Gasteiger partial charge on any atom is -0.507 e. The number of nitrogens with two attached hydrogens (primary N) is 2. The van der Waals surface area contributed by atoms with Crippen molar-refractivity contribution in [3.63, 3.8) is 0 Å². The summed E-state index contributed by atoms with van der Waals surface area (Å²) in [5.74, 6) is -5.44. The molecule has 11 rings (SSSR count). The van der Waals surface area contributed by atoms with Crippen molar-refractivity contribution < 1.29 is 73.9 Å². The predicted molar refractivity (Wildman–Crippen MR) is 291 cm³/mol. The molecule has 7 aromatic rings. The number of carbonyl (C=O) groups is 5. The number of fused-ring (bicyclic) bond motifs is 10. The van der Waals surface area contributed by atoms with Crippen LogP contribution < -0.4 is 26.4 Å². The number of methoxy groups -OCH3 is 1. The first kappa shape index (κ1) is 57.8. The maximum absolute atomic E-state index is 14.1. The SMILES string of the molecule is CN(Cc1cnc2nc(N)nc(N)c2n1)c1ccc(C(=O)N[C@@H](CCC(=O)O)C(=O)O)cc1.CO[C@@H]1C[C@](C)(O)Cc2cc3c(c(O)c21)C(=O)c1c(O)cc2c(c1C3=O)O[C@@H]1O[C@@]2(C)[C@H](O)[C@@H](N(C)C)[C@@H]1O.S=c1nc[nH]c2nc[nH]c12. The Balaban J connectivity index is 0.000000170. The number of phenolic OH excluding ortho intramolecular Hbond substituents is 2. The van der Waals surface area contributed by atoms with Gasteiger partial charge in [-0.1, -0.05) is 12.2 Å². The van der Waals surface area contributed by atoms with Crippen molar-refractivity contribution in [3.05, 3.63) is 110 Å². The first-order valence-electron chi connectivity index (χ1n) is 25.2. The summed E-state index contributed by atoms with van der Waals surface area (Å²) in [7, 11) is 6.61. The lowest BCUT2D eigenvalue weighted by molar-refractivity contribution is -0.311. The lowest BCUT2D eigenvalue weighted by Crippen LogP contribution is -2.68. The maximum Gasteiger partial charge on any atom is 0.326 e. The van der Waals surface area contributed by atoms with Gasteiger partial charge in [0.2, 0.25) is 18.0 Å². The molecular weight excluding hydrogens is 1090 g/mol. The number of ketones is 2. The Labute approximate surface area is 469 Å². The number of imidazole rings is 1. The molecule has 2 aliphatic carbocycles. The van der Waals surface area contributed by atoms with E-state index in [-0.39, 0.29) is 76.6 Å². The number of aromatic amines is 2. The van der Waals surface area contributed by atoms with Gasteiger partial charge in [0, 0.05) is 61.4 Å². The number of aliphatic hydroxyl groups is 3. The Morgan fingerprint density at radius 1 is 0.951 bits per heavy atom. The second-order valence-electron chi connectivity index (χ2n) is 20.6. The van der Waals surface area contributed by atoms with Crippen LogP contribution in [0.1, 0.15) is 104 Å². The largest absolute Gasteiger partial charge is 0.507 e. The lowest BCUT2D eigenvalue weighted by Gasteiger charge is -2.53. The molecule has 0 radical (unpaired) electrons. The van der Waals surface area contributed by atoms with Crippen molar-refractivity contribution in [3.8, 4) is 17.2 Å². The third kappa shape index (κ3) is 10.8. The highest BCUT2D eigenvalue weighted by Crippen LogP contribution is 2.54. The van der Waals surface area contributed by atoms with E-state index < -0.39 is 88.8 Å². The van der Waals surface area contributed by atoms with Crippen LogP contribution in [0.3, 0.4) is 0 Å². The molecule has 14 N–H and O–H groups in total. The average molecular weight is 1150 g/mol. The summed E-state index contributed by atoms with van der Waals surface area (Å²) in [4.78, 5) is 95.8. The third-order valence-electron chi connectivity index (χ3n) is 14.6. The van der Waals surface area contributed by atoms with Crippen molar-refractivity contribution in [2.75, 3.05) is 44.6 Å². The van der Waals surface area contributed by atoms with Gasteiger partial charge in [0.05, 0.1) is 65.5 Å². The van der Waals surface area contributed by atoms with Crippen LogP contribution in [-0.2, 0) is 37.6 Å². The van der Waals surface area contributed by atoms with Crippen LogP contribution in [0.15, 0.2) is 55.2 Å². The number of nitrogens with one attached hydrogen (secondary N) is 3. The molecule has 2 bridgehead atoms. The molecular formula is C53H57N13O15S. The third-order valence-corrected chi connectivity index (χ3v) is 14.9. The zero-order valence-corrected chi connectivity index (χ0v) is 45.5. The molecule has 1 saturated heterocycles. The highest BCUT2D eigenvalue weighted by atomic mass is 32.1. The molecule has 8 atom stereocenters. The number of anilines is 3. The second-order valence-corrected chi connectivity index (χ2v) is 21.0. The number of aliphatic hydroxyl groups excluding tert-OH is 2. The van der Waals surface area contributed by atoms with E-state index in [2.05, 4.69) is 45.2 Å². The molecule has 3 aromatic carbocycles. The topological polar surface area (TPSA) is 434 Å². The number of nitrogen functional groups attached to an aromatic ring is 2. The lowest BCUT2D eigenvalue weighted by atomic mass is 9.72. The number of hydrogen-bond acceptors (Lipinski definition) is 24. The zero-order chi connectivity index (χ0) is 59.4. The number of aromatic hydroxyl groups is 2. The van der Waals surface area contributed by atoms with Gasteiger partial charge < -0.3 is 86.5 Å². The van der Waals surface area contributed by atoms with Gasteiger partial charge in [0.1, 0.15) is 46.6 Å². The molecule has 29 heteroatoms. The van der Waals surface area contributed by atoms with Gasteiger partial charge in [-0.25, -0.2) is 24.7 Å². The summed E-state index contributed by atoms with van der Waals surface area (Å²) in [5, 5.41) is 75.6. The minimum atomic E-state index is -1.50. The van der Waals surface area contributed by atoms with Crippen LogP contribution in [-0.4, -0.2) is 174 Å². The summed E-state index contributed by atoms with van der Waals surface area (Å²) in [6.45, 7) is 3.56. The Kier molecular flexibility index (Phi) is 15.7. The van der Waals surface area contributed by atoms with Crippen LogP contribution in [0, 0.1) is 4.64 Å². The number of aromatic nitrogens is 8. The predicted octanol–water partition coefficient (Wildman–Crippen LogP) is 2.16. The molecule has 2 aliphatic heterocycles. The number of likely N-dealkylation sites (N-methyl/N-ethyl adjacent to an activating group) is 1. The van der Waals surface area contributed by atoms with E-state index in [1.807, 2.05) is 11.9 Å². The summed E-state index contributed by atoms with van der Waals surface area (Å²) in [6.07, 6.45) is -0.211. The first-order chi connectivity index (χ1) is 38.7. The Morgan fingerprint density at radius 2 is 1.66 bits per heavy atom. The fourth-order valence-electron chi connectivity index (χ4n) is 10.6. The fourth-order valence-corrected chi connectivity index (χ4v) is 10.8. The maximum atomic E-state index is 14.1. The second kappa shape index (κ2) is 22.2. The molecule has 0 spiro atoms. The average Bonchev–Trinajstić information content (AvgIpc) is 3.39. The Hall–Kier alpha value is -8.84. The number of hydrogen-bond donors (Lipinski definition) is 12. The van der Waals surface area contributed by atoms with Crippen molar-refractivity contribution in [1.29, 1.82) is 0 Å². The number of carboxylic acid groups (broad SMARTS) is 2. The van der Waals surface area contributed by atoms with Crippen LogP contribution in [0.5, 0.6) is 17.2 Å². The van der Waals surface area contributed by atoms with Crippen LogP contribution in [0.2, 0.25) is 0 Å². The van der Waals surface area contributed by atoms with Crippen molar-refractivity contribution >= 4 is 81.4 Å². The van der Waals surface area contributed by atoms with Gasteiger partial charge in [-0.3, -0.25) is 19.2 Å². The quantitative estimate of drug-likeness (QED) is 0.0826. The van der Waals surface area contributed by atoms with Gasteiger partial charge in [-0.2, -0.15) is 9.97 Å². The smallest absolute Gasteiger partial charge is 0.326 e. The monoisotopic (exact) mass is 1150 g/mol. The number of H-pyrrole nitrogens is 2. The van der Waals surface area contributed by atoms with E-state index in [0.29, 0.717) is 39.2 Å². The molecule has 28 nitrogen and oxygen atoms in total. The van der Waals surface area contributed by atoms with Gasteiger partial charge in [0.15, 0.2) is 33.1 Å². The van der Waals surface area contributed by atoms with E-state index in [0.717, 1.165) is 16.9 Å². The molecule has 430 valence electrons.